The number of aromatic nitrogens is 2. The normalized spacial score (nSPS) is 20.0. The molecule has 1 aromatic carbocycles. The molecule has 5 heteroatoms. The third-order valence-corrected chi connectivity index (χ3v) is 5.34. The van der Waals surface area contributed by atoms with Gasteiger partial charge in [0.15, 0.2) is 5.69 Å². The molecule has 2 aromatic rings. The molecule has 4 rings (SSSR count). The van der Waals surface area contributed by atoms with E-state index in [1.807, 2.05) is 4.68 Å². The largest absolute Gasteiger partial charge is 0.476 e. The standard InChI is InChI=1S/C19H23N3O2/c1-2-9-22-17-8-7-15(10-16(17)18(20-22)19(23)24)21-11-13-5-3-4-6-14(13)12-21/h3-6,15H,2,7-12H2,1H3,(H,23,24)/t15-/m0/s1. The third kappa shape index (κ3) is 2.53. The van der Waals surface area contributed by atoms with Crippen LogP contribution in [0.2, 0.25) is 0 Å². The zero-order chi connectivity index (χ0) is 16.7. The predicted molar refractivity (Wildman–Crippen MR) is 91.0 cm³/mol. The molecule has 2 aliphatic rings. The van der Waals surface area contributed by atoms with E-state index in [-0.39, 0.29) is 5.69 Å². The van der Waals surface area contributed by atoms with Crippen molar-refractivity contribution in [2.75, 3.05) is 0 Å². The predicted octanol–water partition coefficient (Wildman–Crippen LogP) is 2.86. The lowest BCUT2D eigenvalue weighted by atomic mass is 9.90. The highest BCUT2D eigenvalue weighted by molar-refractivity contribution is 5.87. The van der Waals surface area contributed by atoms with Crippen LogP contribution in [0, 0.1) is 0 Å². The number of fused-ring (bicyclic) bond motifs is 2. The van der Waals surface area contributed by atoms with Gasteiger partial charge >= 0.3 is 5.97 Å². The Balaban J connectivity index is 1.59. The Morgan fingerprint density at radius 1 is 1.29 bits per heavy atom. The van der Waals surface area contributed by atoms with E-state index >= 15 is 0 Å². The summed E-state index contributed by atoms with van der Waals surface area (Å²) < 4.78 is 1.92. The summed E-state index contributed by atoms with van der Waals surface area (Å²) in [4.78, 5) is 14.1. The third-order valence-electron chi connectivity index (χ3n) is 5.34. The van der Waals surface area contributed by atoms with Crippen molar-refractivity contribution in [2.45, 2.75) is 58.3 Å². The maximum atomic E-state index is 11.6. The lowest BCUT2D eigenvalue weighted by molar-refractivity contribution is 0.0687. The van der Waals surface area contributed by atoms with Crippen LogP contribution >= 0.6 is 0 Å². The smallest absolute Gasteiger partial charge is 0.356 e. The Kier molecular flexibility index (Phi) is 3.88. The van der Waals surface area contributed by atoms with Gasteiger partial charge in [0.1, 0.15) is 0 Å². The molecule has 1 aromatic heterocycles. The number of benzene rings is 1. The number of carboxylic acids is 1. The van der Waals surface area contributed by atoms with E-state index in [0.717, 1.165) is 56.6 Å². The fourth-order valence-corrected chi connectivity index (χ4v) is 4.17. The number of hydrogen-bond donors (Lipinski definition) is 1. The van der Waals surface area contributed by atoms with E-state index in [2.05, 4.69) is 41.2 Å². The highest BCUT2D eigenvalue weighted by Gasteiger charge is 2.33. The van der Waals surface area contributed by atoms with Crippen molar-refractivity contribution in [2.24, 2.45) is 0 Å². The molecule has 0 fully saturated rings. The number of carbonyl (C=O) groups is 1. The van der Waals surface area contributed by atoms with Crippen molar-refractivity contribution in [3.63, 3.8) is 0 Å². The van der Waals surface area contributed by atoms with Gasteiger partial charge < -0.3 is 5.11 Å². The van der Waals surface area contributed by atoms with E-state index in [4.69, 9.17) is 0 Å². The van der Waals surface area contributed by atoms with E-state index in [9.17, 15) is 9.90 Å². The van der Waals surface area contributed by atoms with Gasteiger partial charge in [-0.15, -0.1) is 0 Å². The number of nitrogens with zero attached hydrogens (tertiary/aromatic N) is 3. The monoisotopic (exact) mass is 325 g/mol. The number of aryl methyl sites for hydroxylation is 1. The lowest BCUT2D eigenvalue weighted by Crippen LogP contribution is -2.36. The zero-order valence-corrected chi connectivity index (χ0v) is 14.0. The Morgan fingerprint density at radius 2 is 2.00 bits per heavy atom. The van der Waals surface area contributed by atoms with Crippen LogP contribution in [0.1, 0.15) is 52.6 Å². The Hall–Kier alpha value is -2.14. The summed E-state index contributed by atoms with van der Waals surface area (Å²) in [5.74, 6) is -0.897. The average Bonchev–Trinajstić information content (AvgIpc) is 3.16. The molecule has 2 heterocycles. The molecule has 0 unspecified atom stereocenters. The van der Waals surface area contributed by atoms with Crippen molar-refractivity contribution < 1.29 is 9.90 Å². The summed E-state index contributed by atoms with van der Waals surface area (Å²) in [6.45, 7) is 4.85. The zero-order valence-electron chi connectivity index (χ0n) is 14.0. The second-order valence-corrected chi connectivity index (χ2v) is 6.87. The Bertz CT molecular complexity index is 756. The minimum atomic E-state index is -0.897. The first-order chi connectivity index (χ1) is 11.7. The highest BCUT2D eigenvalue weighted by atomic mass is 16.4. The molecule has 0 amide bonds. The maximum Gasteiger partial charge on any atom is 0.356 e. The minimum absolute atomic E-state index is 0.264. The van der Waals surface area contributed by atoms with Crippen molar-refractivity contribution in [3.8, 4) is 0 Å². The second-order valence-electron chi connectivity index (χ2n) is 6.87. The number of carboxylic acid groups (broad SMARTS) is 1. The molecule has 126 valence electrons. The van der Waals surface area contributed by atoms with E-state index in [0.29, 0.717) is 6.04 Å². The summed E-state index contributed by atoms with van der Waals surface area (Å²) in [5, 5.41) is 13.9. The number of aromatic carboxylic acids is 1. The van der Waals surface area contributed by atoms with Gasteiger partial charge in [0, 0.05) is 36.9 Å². The van der Waals surface area contributed by atoms with Gasteiger partial charge in [-0.2, -0.15) is 5.10 Å². The van der Waals surface area contributed by atoms with Gasteiger partial charge in [0.25, 0.3) is 0 Å². The van der Waals surface area contributed by atoms with Gasteiger partial charge in [-0.1, -0.05) is 31.2 Å². The molecule has 0 saturated heterocycles. The van der Waals surface area contributed by atoms with E-state index in [1.165, 1.54) is 11.1 Å². The molecule has 0 radical (unpaired) electrons. The molecule has 5 nitrogen and oxygen atoms in total. The van der Waals surface area contributed by atoms with Crippen LogP contribution in [0.3, 0.4) is 0 Å². The van der Waals surface area contributed by atoms with Crippen LogP contribution in [0.25, 0.3) is 0 Å². The molecular formula is C19H23N3O2. The first-order valence-electron chi connectivity index (χ1n) is 8.80. The molecule has 0 spiro atoms. The topological polar surface area (TPSA) is 58.4 Å². The summed E-state index contributed by atoms with van der Waals surface area (Å²) in [6, 6.07) is 9.00. The molecule has 1 N–H and O–H groups in total. The van der Waals surface area contributed by atoms with E-state index in [1.54, 1.807) is 0 Å². The Morgan fingerprint density at radius 3 is 2.62 bits per heavy atom. The van der Waals surface area contributed by atoms with Crippen LogP contribution in [0.5, 0.6) is 0 Å². The van der Waals surface area contributed by atoms with Gasteiger partial charge in [0.2, 0.25) is 0 Å². The van der Waals surface area contributed by atoms with Crippen LogP contribution in [-0.2, 0) is 32.5 Å². The van der Waals surface area contributed by atoms with Crippen molar-refractivity contribution in [1.29, 1.82) is 0 Å². The van der Waals surface area contributed by atoms with Crippen molar-refractivity contribution in [1.82, 2.24) is 14.7 Å². The molecule has 1 aliphatic heterocycles. The Labute approximate surface area is 141 Å². The second kappa shape index (κ2) is 6.06. The summed E-state index contributed by atoms with van der Waals surface area (Å²) in [6.07, 6.45) is 3.77. The summed E-state index contributed by atoms with van der Waals surface area (Å²) in [5.41, 5.74) is 5.18. The molecular weight excluding hydrogens is 302 g/mol. The quantitative estimate of drug-likeness (QED) is 0.939. The van der Waals surface area contributed by atoms with Crippen LogP contribution in [0.15, 0.2) is 24.3 Å². The first-order valence-corrected chi connectivity index (χ1v) is 8.80. The fourth-order valence-electron chi connectivity index (χ4n) is 4.17. The highest BCUT2D eigenvalue weighted by Crippen LogP contribution is 2.32. The molecule has 1 atom stereocenters. The maximum absolute atomic E-state index is 11.6. The molecule has 0 bridgehead atoms. The van der Waals surface area contributed by atoms with Crippen LogP contribution in [-0.4, -0.2) is 31.8 Å². The van der Waals surface area contributed by atoms with Gasteiger partial charge in [-0.05, 0) is 36.8 Å². The van der Waals surface area contributed by atoms with E-state index < -0.39 is 5.97 Å². The molecule has 24 heavy (non-hydrogen) atoms. The van der Waals surface area contributed by atoms with Crippen molar-refractivity contribution in [3.05, 3.63) is 52.3 Å². The van der Waals surface area contributed by atoms with Crippen LogP contribution < -0.4 is 0 Å². The first kappa shape index (κ1) is 15.4. The number of hydrogen-bond acceptors (Lipinski definition) is 3. The SMILES string of the molecule is CCCn1nc(C(=O)O)c2c1CC[C@H](N1Cc3ccccc3C1)C2. The van der Waals surface area contributed by atoms with Crippen molar-refractivity contribution >= 4 is 5.97 Å². The molecule has 1 aliphatic carbocycles. The van der Waals surface area contributed by atoms with Gasteiger partial charge in [-0.3, -0.25) is 9.58 Å². The summed E-state index contributed by atoms with van der Waals surface area (Å²) in [7, 11) is 0. The van der Waals surface area contributed by atoms with Crippen LogP contribution in [0.4, 0.5) is 0 Å². The minimum Gasteiger partial charge on any atom is -0.476 e. The fraction of sp³-hybridized carbons (Fsp3) is 0.474. The van der Waals surface area contributed by atoms with Gasteiger partial charge in [0.05, 0.1) is 0 Å². The number of rotatable bonds is 4. The average molecular weight is 325 g/mol. The molecule has 0 saturated carbocycles. The van der Waals surface area contributed by atoms with Gasteiger partial charge in [-0.25, -0.2) is 4.79 Å². The lowest BCUT2D eigenvalue weighted by Gasteiger charge is -2.31. The summed E-state index contributed by atoms with van der Waals surface area (Å²) >= 11 is 0.